The maximum Gasteiger partial charge on any atom is 0.248 e. The average molecular weight is 526 g/mol. The summed E-state index contributed by atoms with van der Waals surface area (Å²) in [6.07, 6.45) is 4.94. The minimum atomic E-state index is 0.274. The summed E-state index contributed by atoms with van der Waals surface area (Å²) < 4.78 is 12.7. The number of hydrogen-bond acceptors (Lipinski definition) is 7. The van der Waals surface area contributed by atoms with E-state index >= 15 is 0 Å². The van der Waals surface area contributed by atoms with E-state index in [0.29, 0.717) is 55.3 Å². The molecule has 0 N–H and O–H groups in total. The minimum Gasteiger partial charge on any atom is -0.481 e. The number of benzene rings is 2. The molecule has 174 valence electrons. The molecule has 0 unspecified atom stereocenters. The van der Waals surface area contributed by atoms with E-state index in [0.717, 1.165) is 0 Å². The number of aromatic nitrogens is 6. The highest BCUT2D eigenvalue weighted by atomic mass is 35.5. The molecular formula is C24H15Cl3N6O2. The summed E-state index contributed by atoms with van der Waals surface area (Å²) >= 11 is 19.1. The Morgan fingerprint density at radius 2 is 1.74 bits per heavy atom. The zero-order valence-electron chi connectivity index (χ0n) is 18.1. The first-order chi connectivity index (χ1) is 17.0. The number of methoxy groups -OCH3 is 1. The molecule has 8 nitrogen and oxygen atoms in total. The molecule has 2 aromatic carbocycles. The number of rotatable bonds is 6. The van der Waals surface area contributed by atoms with Gasteiger partial charge in [0.15, 0.2) is 11.6 Å². The van der Waals surface area contributed by atoms with Crippen molar-refractivity contribution in [3.63, 3.8) is 0 Å². The quantitative estimate of drug-likeness (QED) is 0.249. The van der Waals surface area contributed by atoms with Crippen molar-refractivity contribution in [2.45, 2.75) is 0 Å². The maximum absolute atomic E-state index is 6.51. The topological polar surface area (TPSA) is 91.8 Å². The van der Waals surface area contributed by atoms with Crippen LogP contribution in [0.25, 0.3) is 40.7 Å². The molecule has 0 aliphatic rings. The predicted octanol–water partition coefficient (Wildman–Crippen LogP) is 6.52. The molecule has 0 saturated heterocycles. The molecule has 3 aromatic heterocycles. The van der Waals surface area contributed by atoms with E-state index < -0.39 is 0 Å². The monoisotopic (exact) mass is 524 g/mol. The van der Waals surface area contributed by atoms with Crippen LogP contribution >= 0.6 is 34.8 Å². The molecule has 35 heavy (non-hydrogen) atoms. The highest BCUT2D eigenvalue weighted by Gasteiger charge is 2.19. The second-order valence-electron chi connectivity index (χ2n) is 7.16. The van der Waals surface area contributed by atoms with E-state index in [1.54, 1.807) is 59.3 Å². The first-order valence-corrected chi connectivity index (χ1v) is 11.3. The summed E-state index contributed by atoms with van der Waals surface area (Å²) in [6.45, 7) is 0. The molecule has 0 aliphatic carbocycles. The molecular weight excluding hydrogens is 511 g/mol. The van der Waals surface area contributed by atoms with Gasteiger partial charge in [0.2, 0.25) is 17.7 Å². The minimum absolute atomic E-state index is 0.274. The van der Waals surface area contributed by atoms with Crippen molar-refractivity contribution in [2.24, 2.45) is 0 Å². The third-order valence-electron chi connectivity index (χ3n) is 4.96. The SMILES string of the molecule is COc1cc(-c2nnc(/C=C/c3nnc(-c4ccc(Cl)cc4Cl)n3-c3ccccc3Cl)o2)ccn1. The Balaban J connectivity index is 1.55. The lowest BCUT2D eigenvalue weighted by Crippen LogP contribution is -2.01. The largest absolute Gasteiger partial charge is 0.481 e. The molecule has 0 saturated carbocycles. The Morgan fingerprint density at radius 3 is 2.54 bits per heavy atom. The van der Waals surface area contributed by atoms with Crippen LogP contribution in [-0.2, 0) is 0 Å². The van der Waals surface area contributed by atoms with Crippen molar-refractivity contribution in [3.05, 3.63) is 87.6 Å². The Hall–Kier alpha value is -3.72. The lowest BCUT2D eigenvalue weighted by Gasteiger charge is -2.11. The molecule has 0 radical (unpaired) electrons. The number of para-hydroxylation sites is 1. The average Bonchev–Trinajstić information content (AvgIpc) is 3.50. The third-order valence-corrected chi connectivity index (χ3v) is 5.83. The first-order valence-electron chi connectivity index (χ1n) is 10.2. The molecule has 0 bridgehead atoms. The van der Waals surface area contributed by atoms with Crippen LogP contribution in [0.5, 0.6) is 5.88 Å². The maximum atomic E-state index is 6.51. The van der Waals surface area contributed by atoms with Gasteiger partial charge in [0.05, 0.1) is 22.8 Å². The molecule has 3 heterocycles. The number of nitrogens with zero attached hydrogens (tertiary/aromatic N) is 6. The van der Waals surface area contributed by atoms with Crippen LogP contribution in [0.15, 0.2) is 65.2 Å². The van der Waals surface area contributed by atoms with Crippen molar-refractivity contribution in [1.29, 1.82) is 0 Å². The fourth-order valence-corrected chi connectivity index (χ4v) is 4.05. The Bertz CT molecular complexity index is 1550. The van der Waals surface area contributed by atoms with Crippen LogP contribution in [0, 0.1) is 0 Å². The highest BCUT2D eigenvalue weighted by Crippen LogP contribution is 2.33. The van der Waals surface area contributed by atoms with E-state index in [1.807, 2.05) is 18.2 Å². The summed E-state index contributed by atoms with van der Waals surface area (Å²) in [6, 6.07) is 16.0. The summed E-state index contributed by atoms with van der Waals surface area (Å²) in [7, 11) is 1.54. The van der Waals surface area contributed by atoms with Crippen LogP contribution in [-0.4, -0.2) is 37.1 Å². The van der Waals surface area contributed by atoms with Gasteiger partial charge in [-0.2, -0.15) is 0 Å². The van der Waals surface area contributed by atoms with Gasteiger partial charge in [-0.1, -0.05) is 46.9 Å². The third kappa shape index (κ3) is 4.77. The predicted molar refractivity (Wildman–Crippen MR) is 135 cm³/mol. The number of pyridine rings is 1. The lowest BCUT2D eigenvalue weighted by molar-refractivity contribution is 0.398. The molecule has 0 spiro atoms. The van der Waals surface area contributed by atoms with Crippen molar-refractivity contribution in [1.82, 2.24) is 29.9 Å². The smallest absolute Gasteiger partial charge is 0.248 e. The van der Waals surface area contributed by atoms with E-state index in [9.17, 15) is 0 Å². The Kier molecular flexibility index (Phi) is 6.50. The van der Waals surface area contributed by atoms with Crippen LogP contribution in [0.2, 0.25) is 15.1 Å². The van der Waals surface area contributed by atoms with E-state index in [-0.39, 0.29) is 5.89 Å². The van der Waals surface area contributed by atoms with Gasteiger partial charge in [-0.05, 0) is 42.5 Å². The lowest BCUT2D eigenvalue weighted by atomic mass is 10.2. The summed E-state index contributed by atoms with van der Waals surface area (Å²) in [5.74, 6) is 2.01. The fourth-order valence-electron chi connectivity index (χ4n) is 3.34. The van der Waals surface area contributed by atoms with E-state index in [1.165, 1.54) is 7.11 Å². The van der Waals surface area contributed by atoms with Crippen molar-refractivity contribution in [2.75, 3.05) is 7.11 Å². The van der Waals surface area contributed by atoms with Crippen LogP contribution in [0.4, 0.5) is 0 Å². The summed E-state index contributed by atoms with van der Waals surface area (Å²) in [5, 5.41) is 18.4. The van der Waals surface area contributed by atoms with Crippen LogP contribution < -0.4 is 4.74 Å². The summed E-state index contributed by atoms with van der Waals surface area (Å²) in [5.41, 5.74) is 2.01. The molecule has 5 aromatic rings. The Labute approximate surface area is 214 Å². The second-order valence-corrected chi connectivity index (χ2v) is 8.41. The zero-order chi connectivity index (χ0) is 24.4. The second kappa shape index (κ2) is 9.87. The van der Waals surface area contributed by atoms with Crippen LogP contribution in [0.3, 0.4) is 0 Å². The molecule has 11 heteroatoms. The zero-order valence-corrected chi connectivity index (χ0v) is 20.3. The van der Waals surface area contributed by atoms with Crippen molar-refractivity contribution < 1.29 is 9.15 Å². The highest BCUT2D eigenvalue weighted by molar-refractivity contribution is 6.36. The van der Waals surface area contributed by atoms with E-state index in [2.05, 4.69) is 25.4 Å². The number of halogens is 3. The Morgan fingerprint density at radius 1 is 0.886 bits per heavy atom. The molecule has 0 atom stereocenters. The van der Waals surface area contributed by atoms with Gasteiger partial charge in [-0.3, -0.25) is 4.57 Å². The normalized spacial score (nSPS) is 11.3. The van der Waals surface area contributed by atoms with Gasteiger partial charge in [-0.25, -0.2) is 4.98 Å². The van der Waals surface area contributed by atoms with E-state index in [4.69, 9.17) is 44.0 Å². The van der Waals surface area contributed by atoms with Gasteiger partial charge in [-0.15, -0.1) is 20.4 Å². The molecule has 0 aliphatic heterocycles. The van der Waals surface area contributed by atoms with Crippen molar-refractivity contribution in [3.8, 4) is 34.4 Å². The summed E-state index contributed by atoms with van der Waals surface area (Å²) in [4.78, 5) is 4.08. The first kappa shape index (κ1) is 23.0. The van der Waals surface area contributed by atoms with Gasteiger partial charge in [0.25, 0.3) is 0 Å². The van der Waals surface area contributed by atoms with Gasteiger partial charge in [0.1, 0.15) is 0 Å². The van der Waals surface area contributed by atoms with Gasteiger partial charge in [0, 0.05) is 34.5 Å². The molecule has 0 fully saturated rings. The van der Waals surface area contributed by atoms with Gasteiger partial charge >= 0.3 is 0 Å². The van der Waals surface area contributed by atoms with Gasteiger partial charge < -0.3 is 9.15 Å². The fraction of sp³-hybridized carbons (Fsp3) is 0.0417. The van der Waals surface area contributed by atoms with Crippen molar-refractivity contribution >= 4 is 47.0 Å². The number of hydrogen-bond donors (Lipinski definition) is 0. The standard InChI is InChI=1S/C24H15Cl3N6O2/c1-34-22-12-14(10-11-28-22)24-32-30-21(35-24)9-8-20-29-31-23(16-7-6-15(25)13-18(16)27)33(20)19-5-3-2-4-17(19)26/h2-13H,1H3/b9-8+. The molecule has 5 rings (SSSR count). The molecule has 0 amide bonds. The number of ether oxygens (including phenoxy) is 1. The van der Waals surface area contributed by atoms with Crippen LogP contribution in [0.1, 0.15) is 11.7 Å².